The van der Waals surface area contributed by atoms with Gasteiger partial charge in [0.15, 0.2) is 0 Å². The van der Waals surface area contributed by atoms with E-state index in [4.69, 9.17) is 16.3 Å². The molecule has 29 heavy (non-hydrogen) atoms. The predicted molar refractivity (Wildman–Crippen MR) is 112 cm³/mol. The number of likely N-dealkylation sites (N-methyl/N-ethyl adjacent to an activating group) is 1. The van der Waals surface area contributed by atoms with Gasteiger partial charge in [0.05, 0.1) is 10.6 Å². The Morgan fingerprint density at radius 2 is 2.10 bits per heavy atom. The molecular weight excluding hydrogens is 395 g/mol. The van der Waals surface area contributed by atoms with Crippen molar-refractivity contribution < 1.29 is 13.9 Å². The van der Waals surface area contributed by atoms with Crippen molar-refractivity contribution in [3.63, 3.8) is 0 Å². The van der Waals surface area contributed by atoms with Gasteiger partial charge in [0.2, 0.25) is 0 Å². The van der Waals surface area contributed by atoms with Crippen LogP contribution < -0.4 is 10.6 Å². The number of aromatic nitrogens is 1. The summed E-state index contributed by atoms with van der Waals surface area (Å²) >= 11 is 6.57. The Labute approximate surface area is 173 Å². The number of pyridine rings is 1. The Kier molecular flexibility index (Phi) is 5.43. The van der Waals surface area contributed by atoms with E-state index in [2.05, 4.69) is 34.4 Å². The van der Waals surface area contributed by atoms with Gasteiger partial charge in [-0.1, -0.05) is 25.4 Å². The van der Waals surface area contributed by atoms with Gasteiger partial charge in [-0.3, -0.25) is 4.79 Å². The highest BCUT2D eigenvalue weighted by Crippen LogP contribution is 2.44. The molecule has 2 aromatic rings. The molecule has 0 aliphatic carbocycles. The zero-order valence-electron chi connectivity index (χ0n) is 16.3. The average Bonchev–Trinajstić information content (AvgIpc) is 3.27. The Bertz CT molecular complexity index is 1000. The van der Waals surface area contributed by atoms with Crippen molar-refractivity contribution in [1.29, 1.82) is 0 Å². The second-order valence-corrected chi connectivity index (χ2v) is 7.28. The fourth-order valence-corrected chi connectivity index (χ4v) is 3.92. The zero-order valence-corrected chi connectivity index (χ0v) is 17.1. The molecule has 2 N–H and O–H groups in total. The summed E-state index contributed by atoms with van der Waals surface area (Å²) in [5.41, 5.74) is 2.78. The number of carbonyl (C=O) groups is 1. The molecule has 0 spiro atoms. The molecule has 1 aromatic heterocycles. The Hall–Kier alpha value is -2.64. The van der Waals surface area contributed by atoms with Gasteiger partial charge in [-0.2, -0.15) is 0 Å². The van der Waals surface area contributed by atoms with Crippen LogP contribution in [0.1, 0.15) is 30.5 Å². The van der Waals surface area contributed by atoms with Crippen LogP contribution >= 0.6 is 11.6 Å². The molecule has 152 valence electrons. The van der Waals surface area contributed by atoms with Gasteiger partial charge in [0.1, 0.15) is 24.0 Å². The smallest absolute Gasteiger partial charge is 0.260 e. The zero-order chi connectivity index (χ0) is 20.5. The van der Waals surface area contributed by atoms with E-state index >= 15 is 0 Å². The third-order valence-corrected chi connectivity index (χ3v) is 5.70. The highest BCUT2D eigenvalue weighted by molar-refractivity contribution is 6.37. The van der Waals surface area contributed by atoms with E-state index in [1.54, 1.807) is 12.3 Å². The van der Waals surface area contributed by atoms with Crippen LogP contribution in [-0.4, -0.2) is 42.0 Å². The number of nitrogens with one attached hydrogen (secondary N) is 2. The standard InChI is InChI=1S/C21H22ClFN4O2/c1-3-27(4-2)8-7-24-20-18(22)15-11-29-19(14(15)10-25-20)17-13-9-12(23)5-6-16(13)26-21(17)28/h5-6,9-10H,3-4,7-8,11H2,1-2H3,(H,24,25)(H,26,28). The van der Waals surface area contributed by atoms with E-state index in [1.165, 1.54) is 12.1 Å². The highest BCUT2D eigenvalue weighted by atomic mass is 35.5. The van der Waals surface area contributed by atoms with E-state index < -0.39 is 5.82 Å². The highest BCUT2D eigenvalue weighted by Gasteiger charge is 2.34. The van der Waals surface area contributed by atoms with Gasteiger partial charge in [-0.15, -0.1) is 0 Å². The molecule has 1 amide bonds. The molecule has 4 rings (SSSR count). The number of fused-ring (bicyclic) bond motifs is 2. The normalized spacial score (nSPS) is 17.2. The maximum Gasteiger partial charge on any atom is 0.260 e. The first-order chi connectivity index (χ1) is 14.0. The first-order valence-electron chi connectivity index (χ1n) is 9.65. The lowest BCUT2D eigenvalue weighted by Crippen LogP contribution is -2.28. The Morgan fingerprint density at radius 3 is 2.86 bits per heavy atom. The number of anilines is 2. The molecule has 0 atom stereocenters. The molecule has 0 saturated carbocycles. The largest absolute Gasteiger partial charge is 0.487 e. The van der Waals surface area contributed by atoms with Gasteiger partial charge in [-0.05, 0) is 31.3 Å². The summed E-state index contributed by atoms with van der Waals surface area (Å²) in [6.07, 6.45) is 1.65. The molecule has 6 nitrogen and oxygen atoms in total. The maximum atomic E-state index is 13.7. The number of rotatable bonds is 6. The molecule has 3 heterocycles. The molecule has 0 radical (unpaired) electrons. The molecular formula is C21H22ClFN4O2. The summed E-state index contributed by atoms with van der Waals surface area (Å²) < 4.78 is 19.6. The Balaban J connectivity index is 1.64. The number of amides is 1. The number of nitrogens with zero attached hydrogens (tertiary/aromatic N) is 2. The van der Waals surface area contributed by atoms with Crippen molar-refractivity contribution in [2.45, 2.75) is 20.5 Å². The van der Waals surface area contributed by atoms with Crippen LogP contribution in [-0.2, 0) is 16.1 Å². The van der Waals surface area contributed by atoms with Crippen molar-refractivity contribution in [2.24, 2.45) is 0 Å². The molecule has 0 fully saturated rings. The van der Waals surface area contributed by atoms with Crippen LogP contribution in [0.25, 0.3) is 11.3 Å². The molecule has 2 aliphatic heterocycles. The van der Waals surface area contributed by atoms with E-state index in [1.807, 2.05) is 0 Å². The van der Waals surface area contributed by atoms with E-state index in [9.17, 15) is 9.18 Å². The minimum Gasteiger partial charge on any atom is -0.487 e. The van der Waals surface area contributed by atoms with Crippen molar-refractivity contribution in [1.82, 2.24) is 9.88 Å². The monoisotopic (exact) mass is 416 g/mol. The third-order valence-electron chi connectivity index (χ3n) is 5.29. The van der Waals surface area contributed by atoms with E-state index in [0.717, 1.165) is 31.7 Å². The number of benzene rings is 1. The summed E-state index contributed by atoms with van der Waals surface area (Å²) in [6, 6.07) is 4.18. The minimum absolute atomic E-state index is 0.234. The number of ether oxygens (including phenoxy) is 1. The Morgan fingerprint density at radius 1 is 1.31 bits per heavy atom. The molecule has 0 unspecified atom stereocenters. The van der Waals surface area contributed by atoms with Crippen LogP contribution in [0.3, 0.4) is 0 Å². The van der Waals surface area contributed by atoms with Crippen molar-refractivity contribution in [3.8, 4) is 0 Å². The van der Waals surface area contributed by atoms with Gasteiger partial charge in [0.25, 0.3) is 5.91 Å². The van der Waals surface area contributed by atoms with Crippen LogP contribution in [0.4, 0.5) is 15.9 Å². The second-order valence-electron chi connectivity index (χ2n) is 6.90. The molecule has 8 heteroatoms. The topological polar surface area (TPSA) is 66.5 Å². The van der Waals surface area contributed by atoms with Crippen LogP contribution in [0.15, 0.2) is 24.4 Å². The fraction of sp³-hybridized carbons (Fsp3) is 0.333. The summed E-state index contributed by atoms with van der Waals surface area (Å²) in [4.78, 5) is 19.2. The fourth-order valence-electron chi connectivity index (χ4n) is 3.65. The molecule has 0 saturated heterocycles. The lowest BCUT2D eigenvalue weighted by atomic mass is 10.0. The van der Waals surface area contributed by atoms with Crippen LogP contribution in [0, 0.1) is 5.82 Å². The van der Waals surface area contributed by atoms with Crippen molar-refractivity contribution in [2.75, 3.05) is 36.8 Å². The molecule has 1 aromatic carbocycles. The quantitative estimate of drug-likeness (QED) is 0.697. The number of hydrogen-bond acceptors (Lipinski definition) is 5. The summed E-state index contributed by atoms with van der Waals surface area (Å²) in [5, 5.41) is 6.50. The first kappa shape index (κ1) is 19.7. The number of halogens is 2. The van der Waals surface area contributed by atoms with Gasteiger partial charge >= 0.3 is 0 Å². The van der Waals surface area contributed by atoms with E-state index in [0.29, 0.717) is 39.0 Å². The lowest BCUT2D eigenvalue weighted by Gasteiger charge is -2.18. The molecule has 2 aliphatic rings. The third kappa shape index (κ3) is 3.56. The summed E-state index contributed by atoms with van der Waals surface area (Å²) in [6.45, 7) is 8.06. The van der Waals surface area contributed by atoms with Crippen molar-refractivity contribution >= 4 is 40.3 Å². The van der Waals surface area contributed by atoms with Crippen LogP contribution in [0.5, 0.6) is 0 Å². The molecule has 0 bridgehead atoms. The summed E-state index contributed by atoms with van der Waals surface area (Å²) in [7, 11) is 0. The SMILES string of the molecule is CCN(CC)CCNc1ncc2c(c1Cl)COC2=C1C(=O)Nc2ccc(F)cc21. The first-order valence-corrected chi connectivity index (χ1v) is 10.0. The minimum atomic E-state index is -0.416. The number of carbonyl (C=O) groups excluding carboxylic acids is 1. The summed E-state index contributed by atoms with van der Waals surface area (Å²) in [5.74, 6) is 0.229. The predicted octanol–water partition coefficient (Wildman–Crippen LogP) is 3.98. The van der Waals surface area contributed by atoms with Crippen LogP contribution in [0.2, 0.25) is 5.02 Å². The van der Waals surface area contributed by atoms with Gasteiger partial charge in [0, 0.05) is 41.7 Å². The maximum absolute atomic E-state index is 13.7. The van der Waals surface area contributed by atoms with Gasteiger partial charge in [-0.25, -0.2) is 9.37 Å². The second kappa shape index (κ2) is 8.00. The average molecular weight is 417 g/mol. The lowest BCUT2D eigenvalue weighted by molar-refractivity contribution is -0.110. The van der Waals surface area contributed by atoms with Crippen molar-refractivity contribution in [3.05, 3.63) is 51.9 Å². The van der Waals surface area contributed by atoms with E-state index in [-0.39, 0.29) is 12.5 Å². The van der Waals surface area contributed by atoms with Gasteiger partial charge < -0.3 is 20.3 Å². The number of hydrogen-bond donors (Lipinski definition) is 2.